The van der Waals surface area contributed by atoms with Gasteiger partial charge in [-0.15, -0.1) is 11.3 Å². The number of aromatic nitrogens is 1. The van der Waals surface area contributed by atoms with E-state index in [0.29, 0.717) is 32.7 Å². The second kappa shape index (κ2) is 9.29. The largest absolute Gasteiger partial charge is 0.479 e. The van der Waals surface area contributed by atoms with Crippen LogP contribution < -0.4 is 10.1 Å². The predicted molar refractivity (Wildman–Crippen MR) is 123 cm³/mol. The zero-order valence-corrected chi connectivity index (χ0v) is 18.1. The number of thiazole rings is 1. The Labute approximate surface area is 188 Å². The van der Waals surface area contributed by atoms with Crippen LogP contribution in [-0.2, 0) is 4.79 Å². The van der Waals surface area contributed by atoms with Crippen molar-refractivity contribution in [2.45, 2.75) is 13.0 Å². The average Bonchev–Trinajstić information content (AvgIpc) is 3.26. The first-order valence-corrected chi connectivity index (χ1v) is 10.8. The molecule has 1 aromatic heterocycles. The molecule has 1 heterocycles. The molecule has 7 heteroatoms. The van der Waals surface area contributed by atoms with Crippen molar-refractivity contribution < 1.29 is 13.9 Å². The quantitative estimate of drug-likeness (QED) is 0.355. The van der Waals surface area contributed by atoms with E-state index in [9.17, 15) is 9.18 Å². The number of para-hydroxylation sites is 2. The number of nitrogens with zero attached hydrogens (tertiary/aromatic N) is 1. The summed E-state index contributed by atoms with van der Waals surface area (Å²) >= 11 is 7.46. The summed E-state index contributed by atoms with van der Waals surface area (Å²) in [6.45, 7) is 1.65. The molecular weight excluding hydrogens is 435 g/mol. The molecule has 4 aromatic rings. The second-order valence-corrected chi connectivity index (χ2v) is 8.01. The van der Waals surface area contributed by atoms with E-state index in [1.165, 1.54) is 17.4 Å². The maximum absolute atomic E-state index is 14.1. The number of nitrogens with one attached hydrogen (secondary N) is 1. The topological polar surface area (TPSA) is 51.2 Å². The van der Waals surface area contributed by atoms with E-state index in [2.05, 4.69) is 10.3 Å². The molecule has 0 aliphatic heterocycles. The molecule has 0 bridgehead atoms. The molecule has 0 saturated heterocycles. The number of carbonyl (C=O) groups is 1. The monoisotopic (exact) mass is 452 g/mol. The minimum absolute atomic E-state index is 0.322. The van der Waals surface area contributed by atoms with Crippen LogP contribution >= 0.6 is 22.9 Å². The molecule has 1 amide bonds. The number of ether oxygens (including phenoxy) is 1. The summed E-state index contributed by atoms with van der Waals surface area (Å²) in [5.74, 6) is -0.207. The van der Waals surface area contributed by atoms with Crippen LogP contribution in [0.2, 0.25) is 5.02 Å². The third-order valence-corrected chi connectivity index (χ3v) is 5.77. The maximum atomic E-state index is 14.1. The van der Waals surface area contributed by atoms with Gasteiger partial charge in [0.15, 0.2) is 6.10 Å². The minimum atomic E-state index is -0.766. The number of hydrogen-bond donors (Lipinski definition) is 1. The van der Waals surface area contributed by atoms with E-state index in [1.807, 2.05) is 23.6 Å². The Kier molecular flexibility index (Phi) is 6.30. The van der Waals surface area contributed by atoms with Crippen LogP contribution in [0, 0.1) is 5.82 Å². The number of amides is 1. The first-order chi connectivity index (χ1) is 15.0. The Morgan fingerprint density at radius 3 is 2.48 bits per heavy atom. The van der Waals surface area contributed by atoms with E-state index < -0.39 is 6.10 Å². The SMILES string of the molecule is CC(Oc1ccccc1Cl)C(=O)Nc1ccccc1-c1csc(-c2ccccc2F)n1. The summed E-state index contributed by atoms with van der Waals surface area (Å²) in [5.41, 5.74) is 2.42. The molecule has 31 heavy (non-hydrogen) atoms. The van der Waals surface area contributed by atoms with Gasteiger partial charge in [0.05, 0.1) is 16.4 Å². The van der Waals surface area contributed by atoms with Crippen LogP contribution in [0.25, 0.3) is 21.8 Å². The molecule has 1 atom stereocenters. The van der Waals surface area contributed by atoms with Crippen molar-refractivity contribution in [1.29, 1.82) is 0 Å². The second-order valence-electron chi connectivity index (χ2n) is 6.74. The van der Waals surface area contributed by atoms with Crippen molar-refractivity contribution in [3.63, 3.8) is 0 Å². The van der Waals surface area contributed by atoms with Gasteiger partial charge in [0, 0.05) is 16.5 Å². The molecule has 1 unspecified atom stereocenters. The fourth-order valence-electron chi connectivity index (χ4n) is 2.99. The van der Waals surface area contributed by atoms with Crippen LogP contribution in [0.1, 0.15) is 6.92 Å². The molecule has 0 saturated carbocycles. The first-order valence-electron chi connectivity index (χ1n) is 9.55. The van der Waals surface area contributed by atoms with Crippen LogP contribution in [0.5, 0.6) is 5.75 Å². The van der Waals surface area contributed by atoms with Gasteiger partial charge in [-0.2, -0.15) is 0 Å². The fourth-order valence-corrected chi connectivity index (χ4v) is 4.02. The van der Waals surface area contributed by atoms with E-state index in [-0.39, 0.29) is 11.7 Å². The van der Waals surface area contributed by atoms with Gasteiger partial charge in [-0.25, -0.2) is 9.37 Å². The van der Waals surface area contributed by atoms with Gasteiger partial charge >= 0.3 is 0 Å². The summed E-state index contributed by atoms with van der Waals surface area (Å²) in [6.07, 6.45) is -0.766. The highest BCUT2D eigenvalue weighted by atomic mass is 35.5. The van der Waals surface area contributed by atoms with Gasteiger partial charge in [0.2, 0.25) is 0 Å². The van der Waals surface area contributed by atoms with Crippen LogP contribution in [0.15, 0.2) is 78.2 Å². The van der Waals surface area contributed by atoms with Gasteiger partial charge in [0.25, 0.3) is 5.91 Å². The molecule has 3 aromatic carbocycles. The van der Waals surface area contributed by atoms with Crippen molar-refractivity contribution in [3.8, 4) is 27.6 Å². The molecule has 4 nitrogen and oxygen atoms in total. The van der Waals surface area contributed by atoms with Crippen molar-refractivity contribution in [2.24, 2.45) is 0 Å². The van der Waals surface area contributed by atoms with E-state index in [4.69, 9.17) is 16.3 Å². The molecule has 4 rings (SSSR count). The summed E-state index contributed by atoms with van der Waals surface area (Å²) in [5, 5.41) is 5.75. The number of benzene rings is 3. The molecule has 0 fully saturated rings. The van der Waals surface area contributed by atoms with E-state index in [0.717, 1.165) is 5.56 Å². The van der Waals surface area contributed by atoms with Crippen LogP contribution in [0.4, 0.5) is 10.1 Å². The standard InChI is InChI=1S/C24H18ClFN2O2S/c1-15(30-22-13-7-4-10-18(22)25)23(29)27-20-12-6-3-9-17(20)21-14-31-24(28-21)16-8-2-5-11-19(16)26/h2-15H,1H3,(H,27,29). The lowest BCUT2D eigenvalue weighted by molar-refractivity contribution is -0.122. The number of anilines is 1. The van der Waals surface area contributed by atoms with E-state index >= 15 is 0 Å². The highest BCUT2D eigenvalue weighted by molar-refractivity contribution is 7.13. The van der Waals surface area contributed by atoms with Gasteiger partial charge in [0.1, 0.15) is 16.6 Å². The van der Waals surface area contributed by atoms with Crippen molar-refractivity contribution in [3.05, 3.63) is 89.0 Å². The average molecular weight is 453 g/mol. The molecular formula is C24H18ClFN2O2S. The number of carbonyl (C=O) groups excluding carboxylic acids is 1. The van der Waals surface area contributed by atoms with Gasteiger partial charge in [-0.05, 0) is 37.3 Å². The fraction of sp³-hybridized carbons (Fsp3) is 0.0833. The lowest BCUT2D eigenvalue weighted by Crippen LogP contribution is -2.30. The van der Waals surface area contributed by atoms with E-state index in [1.54, 1.807) is 55.5 Å². The third kappa shape index (κ3) is 4.76. The number of rotatable bonds is 6. The summed E-state index contributed by atoms with van der Waals surface area (Å²) in [7, 11) is 0. The Bertz CT molecular complexity index is 1230. The van der Waals surface area contributed by atoms with Gasteiger partial charge in [-0.1, -0.05) is 54.1 Å². The Morgan fingerprint density at radius 2 is 1.71 bits per heavy atom. The van der Waals surface area contributed by atoms with Crippen molar-refractivity contribution in [1.82, 2.24) is 4.98 Å². The Balaban J connectivity index is 1.55. The molecule has 1 N–H and O–H groups in total. The smallest absolute Gasteiger partial charge is 0.265 e. The molecule has 0 aliphatic carbocycles. The maximum Gasteiger partial charge on any atom is 0.265 e. The number of halogens is 2. The highest BCUT2D eigenvalue weighted by Crippen LogP contribution is 2.34. The van der Waals surface area contributed by atoms with Crippen molar-refractivity contribution >= 4 is 34.5 Å². The molecule has 0 spiro atoms. The first kappa shape index (κ1) is 21.0. The summed E-state index contributed by atoms with van der Waals surface area (Å²) < 4.78 is 19.8. The zero-order chi connectivity index (χ0) is 21.8. The summed E-state index contributed by atoms with van der Waals surface area (Å²) in [6, 6.07) is 20.8. The lowest BCUT2D eigenvalue weighted by atomic mass is 10.1. The minimum Gasteiger partial charge on any atom is -0.479 e. The Hall–Kier alpha value is -3.22. The van der Waals surface area contributed by atoms with Crippen molar-refractivity contribution in [2.75, 3.05) is 5.32 Å². The van der Waals surface area contributed by atoms with Crippen LogP contribution in [0.3, 0.4) is 0 Å². The summed E-state index contributed by atoms with van der Waals surface area (Å²) in [4.78, 5) is 17.3. The predicted octanol–water partition coefficient (Wildman–Crippen LogP) is 6.68. The molecule has 156 valence electrons. The molecule has 0 radical (unpaired) electrons. The highest BCUT2D eigenvalue weighted by Gasteiger charge is 2.19. The van der Waals surface area contributed by atoms with Gasteiger partial charge in [-0.3, -0.25) is 4.79 Å². The lowest BCUT2D eigenvalue weighted by Gasteiger charge is -2.16. The normalized spacial score (nSPS) is 11.7. The zero-order valence-electron chi connectivity index (χ0n) is 16.5. The Morgan fingerprint density at radius 1 is 1.03 bits per heavy atom. The third-order valence-electron chi connectivity index (χ3n) is 4.58. The molecule has 0 aliphatic rings. The van der Waals surface area contributed by atoms with Gasteiger partial charge < -0.3 is 10.1 Å². The number of hydrogen-bond acceptors (Lipinski definition) is 4. The van der Waals surface area contributed by atoms with Crippen LogP contribution in [-0.4, -0.2) is 17.0 Å².